The highest BCUT2D eigenvalue weighted by molar-refractivity contribution is 6.09. The summed E-state index contributed by atoms with van der Waals surface area (Å²) in [7, 11) is 0. The lowest BCUT2D eigenvalue weighted by atomic mass is 9.95. The first-order valence-electron chi connectivity index (χ1n) is 25.3. The van der Waals surface area contributed by atoms with Crippen LogP contribution in [0.15, 0.2) is 212 Å². The normalized spacial score (nSPS) is 13.8. The van der Waals surface area contributed by atoms with Gasteiger partial charge in [0.05, 0.1) is 47.1 Å². The summed E-state index contributed by atoms with van der Waals surface area (Å²) in [5, 5.41) is 2.13. The van der Waals surface area contributed by atoms with Gasteiger partial charge >= 0.3 is 0 Å². The van der Waals surface area contributed by atoms with Crippen molar-refractivity contribution < 1.29 is 23.0 Å². The summed E-state index contributed by atoms with van der Waals surface area (Å²) in [6.07, 6.45) is 5.35. The van der Waals surface area contributed by atoms with E-state index in [4.69, 9.17) is 23.4 Å². The maximum absolute atomic E-state index is 9.11. The SMILES string of the molecule is [2H]c1c([2H])c([2H])c(-c2cccc(-c3c([2H])c([2H])c([2H])c([2H])c3[2H])c2-[n+]2[c-]n(-c3cccc(Oc4ccc5c6ccccc6n(-c6cc(C(C)C)ccn6)c5c4)c3)c3cc(-c4ccccc4)ccc32)c([2H])c1[2H]. The van der Waals surface area contributed by atoms with Gasteiger partial charge in [0.25, 0.3) is 6.33 Å². The fourth-order valence-electron chi connectivity index (χ4n) is 8.23. The van der Waals surface area contributed by atoms with Gasteiger partial charge in [0.2, 0.25) is 0 Å². The molecular weight excluding hydrogens is 757 g/mol. The predicted molar refractivity (Wildman–Crippen MR) is 253 cm³/mol. The molecule has 0 aliphatic carbocycles. The van der Waals surface area contributed by atoms with Crippen molar-refractivity contribution >= 4 is 32.8 Å². The van der Waals surface area contributed by atoms with Crippen LogP contribution in [0.3, 0.4) is 0 Å². The Bertz CT molecular complexity index is 3870. The highest BCUT2D eigenvalue weighted by atomic mass is 16.5. The van der Waals surface area contributed by atoms with Crippen LogP contribution in [0.5, 0.6) is 11.5 Å². The highest BCUT2D eigenvalue weighted by Crippen LogP contribution is 2.38. The molecule has 0 unspecified atom stereocenters. The van der Waals surface area contributed by atoms with Crippen LogP contribution in [0.25, 0.3) is 83.4 Å². The topological polar surface area (TPSA) is 35.9 Å². The molecule has 0 radical (unpaired) electrons. The van der Waals surface area contributed by atoms with Crippen molar-refractivity contribution in [3.63, 3.8) is 0 Å². The predicted octanol–water partition coefficient (Wildman–Crippen LogP) is 14.1. The van der Waals surface area contributed by atoms with Crippen LogP contribution in [0.2, 0.25) is 0 Å². The zero-order valence-corrected chi connectivity index (χ0v) is 33.7. The van der Waals surface area contributed by atoms with E-state index in [-0.39, 0.29) is 27.9 Å². The number of nitrogens with zero attached hydrogens (tertiary/aromatic N) is 4. The van der Waals surface area contributed by atoms with Crippen molar-refractivity contribution in [2.24, 2.45) is 0 Å². The van der Waals surface area contributed by atoms with Crippen LogP contribution in [-0.2, 0) is 0 Å². The fourth-order valence-corrected chi connectivity index (χ4v) is 8.23. The van der Waals surface area contributed by atoms with E-state index in [1.807, 2.05) is 114 Å². The lowest BCUT2D eigenvalue weighted by molar-refractivity contribution is -0.571. The maximum Gasteiger partial charge on any atom is 0.269 e. The molecule has 5 nitrogen and oxygen atoms in total. The monoisotopic (exact) mass is 808 g/mol. The van der Waals surface area contributed by atoms with Crippen LogP contribution in [0, 0.1) is 6.33 Å². The molecule has 0 aliphatic rings. The Hall–Kier alpha value is -8.02. The zero-order chi connectivity index (χ0) is 50.3. The summed E-state index contributed by atoms with van der Waals surface area (Å²) in [6, 6.07) is 41.1. The van der Waals surface area contributed by atoms with E-state index in [1.165, 1.54) is 5.56 Å². The van der Waals surface area contributed by atoms with Gasteiger partial charge in [0, 0.05) is 23.0 Å². The maximum atomic E-state index is 9.11. The molecule has 62 heavy (non-hydrogen) atoms. The molecule has 0 N–H and O–H groups in total. The molecule has 11 rings (SSSR count). The number of pyridine rings is 1. The Labute approximate surface area is 375 Å². The summed E-state index contributed by atoms with van der Waals surface area (Å²) < 4.78 is 100. The first-order valence-corrected chi connectivity index (χ1v) is 20.3. The van der Waals surface area contributed by atoms with Gasteiger partial charge in [-0.15, -0.1) is 0 Å². The Balaban J connectivity index is 1.13. The number of aromatic nitrogens is 4. The zero-order valence-electron chi connectivity index (χ0n) is 43.7. The van der Waals surface area contributed by atoms with Gasteiger partial charge in [-0.05, 0) is 99.5 Å². The quantitative estimate of drug-likeness (QED) is 0.108. The first-order chi connectivity index (χ1) is 34.7. The van der Waals surface area contributed by atoms with Gasteiger partial charge in [-0.1, -0.05) is 159 Å². The molecule has 3 heterocycles. The number of benzene rings is 8. The van der Waals surface area contributed by atoms with Crippen molar-refractivity contribution in [1.82, 2.24) is 14.1 Å². The molecule has 0 bridgehead atoms. The second-order valence-corrected chi connectivity index (χ2v) is 15.3. The van der Waals surface area contributed by atoms with Crippen molar-refractivity contribution in [3.8, 4) is 62.1 Å². The number of rotatable bonds is 9. The third-order valence-corrected chi connectivity index (χ3v) is 11.2. The van der Waals surface area contributed by atoms with Crippen molar-refractivity contribution in [2.45, 2.75) is 19.8 Å². The molecule has 0 spiro atoms. The second-order valence-electron chi connectivity index (χ2n) is 15.3. The van der Waals surface area contributed by atoms with Gasteiger partial charge in [-0.2, -0.15) is 0 Å². The number of hydrogen-bond donors (Lipinski definition) is 0. The van der Waals surface area contributed by atoms with Gasteiger partial charge in [0.15, 0.2) is 0 Å². The lowest BCUT2D eigenvalue weighted by Gasteiger charge is -2.17. The fraction of sp³-hybridized carbons (Fsp3) is 0.0526. The van der Waals surface area contributed by atoms with Gasteiger partial charge in [-0.25, -0.2) is 4.98 Å². The minimum atomic E-state index is -0.570. The van der Waals surface area contributed by atoms with Crippen LogP contribution in [0.4, 0.5) is 0 Å². The molecule has 0 saturated heterocycles. The molecule has 0 fully saturated rings. The van der Waals surface area contributed by atoms with Gasteiger partial charge in [-0.3, -0.25) is 13.7 Å². The van der Waals surface area contributed by atoms with Crippen molar-refractivity contribution in [2.75, 3.05) is 0 Å². The average Bonchev–Trinajstić information content (AvgIpc) is 3.94. The summed E-state index contributed by atoms with van der Waals surface area (Å²) in [6.45, 7) is 4.32. The minimum absolute atomic E-state index is 0.136. The number of para-hydroxylation sites is 2. The van der Waals surface area contributed by atoms with E-state index in [9.17, 15) is 0 Å². The Kier molecular flexibility index (Phi) is 6.94. The van der Waals surface area contributed by atoms with Crippen LogP contribution < -0.4 is 9.30 Å². The summed E-state index contributed by atoms with van der Waals surface area (Å²) in [4.78, 5) is 4.81. The molecule has 0 atom stereocenters. The van der Waals surface area contributed by atoms with E-state index in [2.05, 4.69) is 49.0 Å². The number of fused-ring (bicyclic) bond motifs is 4. The standard InChI is InChI=1S/C57H42N4O/c1-39(2)43-32-33-58-56(35-43)61-52-27-13-12-24-50(52)51-30-29-47(37-54(51)61)62-46-23-14-22-45(36-46)59-38-60(53-31-28-44(34-55(53)59)40-16-6-3-7-17-40)57-48(41-18-8-4-9-19-41)25-15-26-49(57)42-20-10-5-11-21-42/h3-37,39H,1-2H3/i4D,5D,8D,9D,10D,11D,18D,19D,20D,21D. The molecule has 0 amide bonds. The molecule has 0 saturated carbocycles. The third-order valence-electron chi connectivity index (χ3n) is 11.2. The molecule has 5 heteroatoms. The summed E-state index contributed by atoms with van der Waals surface area (Å²) in [5.41, 5.74) is 6.93. The van der Waals surface area contributed by atoms with Crippen LogP contribution in [0.1, 0.15) is 39.0 Å². The Morgan fingerprint density at radius 2 is 1.26 bits per heavy atom. The van der Waals surface area contributed by atoms with Crippen LogP contribution in [-0.4, -0.2) is 14.1 Å². The van der Waals surface area contributed by atoms with E-state index >= 15 is 0 Å². The number of ether oxygens (including phenoxy) is 1. The highest BCUT2D eigenvalue weighted by Gasteiger charge is 2.21. The van der Waals surface area contributed by atoms with Gasteiger partial charge < -0.3 is 4.74 Å². The Morgan fingerprint density at radius 3 is 2.02 bits per heavy atom. The van der Waals surface area contributed by atoms with Crippen molar-refractivity contribution in [1.29, 1.82) is 0 Å². The largest absolute Gasteiger partial charge is 0.458 e. The van der Waals surface area contributed by atoms with E-state index in [1.54, 1.807) is 22.8 Å². The third kappa shape index (κ3) is 6.61. The summed E-state index contributed by atoms with van der Waals surface area (Å²) in [5.74, 6) is 2.20. The summed E-state index contributed by atoms with van der Waals surface area (Å²) >= 11 is 0. The second kappa shape index (κ2) is 15.5. The first kappa shape index (κ1) is 27.7. The van der Waals surface area contributed by atoms with E-state index < -0.39 is 60.4 Å². The van der Waals surface area contributed by atoms with Crippen molar-refractivity contribution in [3.05, 3.63) is 224 Å². The number of hydrogen-bond acceptors (Lipinski definition) is 2. The van der Waals surface area contributed by atoms with E-state index in [0.717, 1.165) is 38.8 Å². The van der Waals surface area contributed by atoms with Gasteiger partial charge in [0.1, 0.15) is 17.3 Å². The Morgan fingerprint density at radius 1 is 0.565 bits per heavy atom. The average molecular weight is 809 g/mol. The number of imidazole rings is 1. The molecule has 0 aliphatic heterocycles. The molecule has 296 valence electrons. The lowest BCUT2D eigenvalue weighted by Crippen LogP contribution is -2.31. The molecule has 3 aromatic heterocycles. The van der Waals surface area contributed by atoms with Crippen LogP contribution >= 0.6 is 0 Å². The smallest absolute Gasteiger partial charge is 0.269 e. The van der Waals surface area contributed by atoms with E-state index in [0.29, 0.717) is 34.1 Å². The molecule has 8 aromatic carbocycles. The minimum Gasteiger partial charge on any atom is -0.458 e. The molecular formula is C57H42N4O. The molecule has 11 aromatic rings.